The first kappa shape index (κ1) is 15.5. The molecule has 0 bridgehead atoms. The first-order valence-electron chi connectivity index (χ1n) is 8.18. The largest absolute Gasteiger partial charge is 0.423 e. The molecule has 1 aliphatic rings. The van der Waals surface area contributed by atoms with Crippen molar-refractivity contribution in [1.82, 2.24) is 9.97 Å². The van der Waals surface area contributed by atoms with Crippen LogP contribution in [0.5, 0.6) is 5.75 Å². The summed E-state index contributed by atoms with van der Waals surface area (Å²) in [5.74, 6) is 0.231. The number of hydrogen-bond donors (Lipinski definition) is 0. The number of carbonyl (C=O) groups is 1. The molecule has 0 saturated carbocycles. The van der Waals surface area contributed by atoms with Gasteiger partial charge in [0.05, 0.1) is 22.8 Å². The fourth-order valence-corrected chi connectivity index (χ4v) is 2.90. The Kier molecular flexibility index (Phi) is 4.01. The summed E-state index contributed by atoms with van der Waals surface area (Å²) in [6, 6.07) is 10.4. The van der Waals surface area contributed by atoms with Gasteiger partial charge in [-0.2, -0.15) is 0 Å². The van der Waals surface area contributed by atoms with Crippen molar-refractivity contribution in [2.75, 3.05) is 18.0 Å². The predicted molar refractivity (Wildman–Crippen MR) is 92.3 cm³/mol. The van der Waals surface area contributed by atoms with Crippen LogP contribution >= 0.6 is 0 Å². The molecule has 0 unspecified atom stereocenters. The fourth-order valence-electron chi connectivity index (χ4n) is 2.90. The van der Waals surface area contributed by atoms with Gasteiger partial charge in [-0.1, -0.05) is 0 Å². The van der Waals surface area contributed by atoms with E-state index in [4.69, 9.17) is 4.74 Å². The van der Waals surface area contributed by atoms with Crippen molar-refractivity contribution in [3.05, 3.63) is 60.0 Å². The maximum atomic E-state index is 12.9. The molecule has 0 spiro atoms. The van der Waals surface area contributed by atoms with Gasteiger partial charge in [-0.05, 0) is 55.3 Å². The van der Waals surface area contributed by atoms with Gasteiger partial charge in [0.15, 0.2) is 0 Å². The highest BCUT2D eigenvalue weighted by Gasteiger charge is 2.15. The van der Waals surface area contributed by atoms with E-state index in [1.165, 1.54) is 24.3 Å². The van der Waals surface area contributed by atoms with Crippen molar-refractivity contribution in [3.8, 4) is 5.75 Å². The minimum atomic E-state index is -0.512. The SMILES string of the molecule is O=C(Oc1ccc(F)cc1)c1ccc2ncc(N3CCCC3)nc2c1. The van der Waals surface area contributed by atoms with Gasteiger partial charge >= 0.3 is 5.97 Å². The molecule has 25 heavy (non-hydrogen) atoms. The summed E-state index contributed by atoms with van der Waals surface area (Å²) in [5.41, 5.74) is 1.75. The van der Waals surface area contributed by atoms with E-state index in [0.717, 1.165) is 37.3 Å². The zero-order valence-electron chi connectivity index (χ0n) is 13.5. The van der Waals surface area contributed by atoms with Crippen LogP contribution in [-0.4, -0.2) is 29.0 Å². The van der Waals surface area contributed by atoms with Crippen molar-refractivity contribution in [3.63, 3.8) is 0 Å². The quantitative estimate of drug-likeness (QED) is 0.540. The van der Waals surface area contributed by atoms with E-state index >= 15 is 0 Å². The van der Waals surface area contributed by atoms with Crippen molar-refractivity contribution >= 4 is 22.8 Å². The van der Waals surface area contributed by atoms with Crippen LogP contribution in [0.15, 0.2) is 48.7 Å². The molecule has 6 heteroatoms. The van der Waals surface area contributed by atoms with Crippen LogP contribution in [0.4, 0.5) is 10.2 Å². The first-order chi connectivity index (χ1) is 12.2. The number of benzene rings is 2. The Labute approximate surface area is 144 Å². The molecule has 1 fully saturated rings. The Hall–Kier alpha value is -3.02. The van der Waals surface area contributed by atoms with E-state index in [1.807, 2.05) is 0 Å². The average Bonchev–Trinajstić information content (AvgIpc) is 3.17. The third-order valence-corrected chi connectivity index (χ3v) is 4.22. The van der Waals surface area contributed by atoms with Gasteiger partial charge in [-0.3, -0.25) is 4.98 Å². The van der Waals surface area contributed by atoms with E-state index in [0.29, 0.717) is 16.8 Å². The minimum absolute atomic E-state index is 0.295. The number of aromatic nitrogens is 2. The highest BCUT2D eigenvalue weighted by molar-refractivity contribution is 5.94. The second-order valence-electron chi connectivity index (χ2n) is 5.97. The Morgan fingerprint density at radius 2 is 1.80 bits per heavy atom. The van der Waals surface area contributed by atoms with Crippen LogP contribution in [-0.2, 0) is 0 Å². The first-order valence-corrected chi connectivity index (χ1v) is 8.18. The van der Waals surface area contributed by atoms with Crippen LogP contribution in [0.1, 0.15) is 23.2 Å². The molecule has 1 aliphatic heterocycles. The van der Waals surface area contributed by atoms with Crippen LogP contribution in [0.3, 0.4) is 0 Å². The lowest BCUT2D eigenvalue weighted by atomic mass is 10.2. The van der Waals surface area contributed by atoms with E-state index in [1.54, 1.807) is 24.4 Å². The predicted octanol–water partition coefficient (Wildman–Crippen LogP) is 3.59. The average molecular weight is 337 g/mol. The third kappa shape index (κ3) is 3.28. The molecule has 1 aromatic heterocycles. The Bertz CT molecular complexity index is 922. The number of halogens is 1. The molecule has 0 amide bonds. The van der Waals surface area contributed by atoms with Gasteiger partial charge in [0, 0.05) is 13.1 Å². The van der Waals surface area contributed by atoms with Crippen LogP contribution < -0.4 is 9.64 Å². The highest BCUT2D eigenvalue weighted by atomic mass is 19.1. The number of nitrogens with zero attached hydrogens (tertiary/aromatic N) is 3. The normalized spacial score (nSPS) is 14.0. The van der Waals surface area contributed by atoms with Crippen LogP contribution in [0.2, 0.25) is 0 Å². The molecule has 1 saturated heterocycles. The van der Waals surface area contributed by atoms with Crippen LogP contribution in [0.25, 0.3) is 11.0 Å². The zero-order chi connectivity index (χ0) is 17.2. The second kappa shape index (κ2) is 6.47. The van der Waals surface area contributed by atoms with Crippen LogP contribution in [0, 0.1) is 5.82 Å². The molecular weight excluding hydrogens is 321 g/mol. The number of ether oxygens (including phenoxy) is 1. The molecule has 126 valence electrons. The summed E-state index contributed by atoms with van der Waals surface area (Å²) in [6.45, 7) is 1.96. The smallest absolute Gasteiger partial charge is 0.343 e. The summed E-state index contributed by atoms with van der Waals surface area (Å²) in [6.07, 6.45) is 4.08. The Balaban J connectivity index is 1.60. The van der Waals surface area contributed by atoms with E-state index in [9.17, 15) is 9.18 Å². The monoisotopic (exact) mass is 337 g/mol. The third-order valence-electron chi connectivity index (χ3n) is 4.22. The lowest BCUT2D eigenvalue weighted by Crippen LogP contribution is -2.19. The highest BCUT2D eigenvalue weighted by Crippen LogP contribution is 2.21. The molecule has 5 nitrogen and oxygen atoms in total. The number of anilines is 1. The summed E-state index contributed by atoms with van der Waals surface area (Å²) in [7, 11) is 0. The van der Waals surface area contributed by atoms with Gasteiger partial charge < -0.3 is 9.64 Å². The van der Waals surface area contributed by atoms with Crippen molar-refractivity contribution in [1.29, 1.82) is 0 Å². The van der Waals surface area contributed by atoms with Gasteiger partial charge in [0.1, 0.15) is 17.4 Å². The summed E-state index contributed by atoms with van der Waals surface area (Å²) in [5, 5.41) is 0. The van der Waals surface area contributed by atoms with E-state index in [2.05, 4.69) is 14.9 Å². The maximum absolute atomic E-state index is 12.9. The summed E-state index contributed by atoms with van der Waals surface area (Å²) >= 11 is 0. The molecule has 0 N–H and O–H groups in total. The molecule has 3 aromatic rings. The molecule has 0 radical (unpaired) electrons. The molecular formula is C19H16FN3O2. The second-order valence-corrected chi connectivity index (χ2v) is 5.97. The topological polar surface area (TPSA) is 55.3 Å². The number of fused-ring (bicyclic) bond motifs is 1. The van der Waals surface area contributed by atoms with Crippen molar-refractivity contribution in [2.45, 2.75) is 12.8 Å². The summed E-state index contributed by atoms with van der Waals surface area (Å²) in [4.78, 5) is 23.5. The molecule has 2 heterocycles. The van der Waals surface area contributed by atoms with Gasteiger partial charge in [-0.15, -0.1) is 0 Å². The maximum Gasteiger partial charge on any atom is 0.343 e. The number of hydrogen-bond acceptors (Lipinski definition) is 5. The minimum Gasteiger partial charge on any atom is -0.423 e. The number of rotatable bonds is 3. The lowest BCUT2D eigenvalue weighted by Gasteiger charge is -2.16. The number of carbonyl (C=O) groups excluding carboxylic acids is 1. The van der Waals surface area contributed by atoms with Gasteiger partial charge in [-0.25, -0.2) is 14.2 Å². The standard InChI is InChI=1S/C19H16FN3O2/c20-14-4-6-15(7-5-14)25-19(24)13-3-8-16-17(11-13)22-18(12-21-16)23-9-1-2-10-23/h3-8,11-12H,1-2,9-10H2. The Morgan fingerprint density at radius 1 is 1.04 bits per heavy atom. The molecule has 0 aliphatic carbocycles. The van der Waals surface area contributed by atoms with Gasteiger partial charge in [0.25, 0.3) is 0 Å². The lowest BCUT2D eigenvalue weighted by molar-refractivity contribution is 0.0734. The summed E-state index contributed by atoms with van der Waals surface area (Å²) < 4.78 is 18.2. The van der Waals surface area contributed by atoms with E-state index in [-0.39, 0.29) is 5.82 Å². The number of esters is 1. The fraction of sp³-hybridized carbons (Fsp3) is 0.211. The van der Waals surface area contributed by atoms with Crippen molar-refractivity contribution in [2.24, 2.45) is 0 Å². The van der Waals surface area contributed by atoms with E-state index < -0.39 is 5.97 Å². The molecule has 4 rings (SSSR count). The van der Waals surface area contributed by atoms with Crippen molar-refractivity contribution < 1.29 is 13.9 Å². The molecule has 2 aromatic carbocycles. The molecule has 0 atom stereocenters. The Morgan fingerprint density at radius 3 is 2.56 bits per heavy atom. The van der Waals surface area contributed by atoms with Gasteiger partial charge in [0.2, 0.25) is 0 Å². The zero-order valence-corrected chi connectivity index (χ0v) is 13.5.